The van der Waals surface area contributed by atoms with E-state index in [1.807, 2.05) is 6.92 Å². The third kappa shape index (κ3) is 7.01. The van der Waals surface area contributed by atoms with E-state index in [-0.39, 0.29) is 18.9 Å². The maximum Gasteiger partial charge on any atom is 0.322 e. The van der Waals surface area contributed by atoms with Crippen LogP contribution in [-0.4, -0.2) is 36.7 Å². The van der Waals surface area contributed by atoms with Crippen LogP contribution in [0.2, 0.25) is 0 Å². The van der Waals surface area contributed by atoms with Gasteiger partial charge in [0, 0.05) is 13.0 Å². The van der Waals surface area contributed by atoms with E-state index >= 15 is 0 Å². The summed E-state index contributed by atoms with van der Waals surface area (Å²) >= 11 is 0. The van der Waals surface area contributed by atoms with E-state index in [4.69, 9.17) is 9.84 Å². The number of amides is 1. The van der Waals surface area contributed by atoms with E-state index in [9.17, 15) is 9.59 Å². The number of carboxylic acids is 1. The van der Waals surface area contributed by atoms with Crippen molar-refractivity contribution in [1.82, 2.24) is 5.32 Å². The highest BCUT2D eigenvalue weighted by Gasteiger charge is 2.02. The molecule has 0 aliphatic rings. The van der Waals surface area contributed by atoms with Crippen LogP contribution in [0.5, 0.6) is 0 Å². The van der Waals surface area contributed by atoms with Gasteiger partial charge in [-0.1, -0.05) is 0 Å². The summed E-state index contributed by atoms with van der Waals surface area (Å²) in [6.45, 7) is 2.40. The number of rotatable bonds is 6. The molecule has 0 saturated carbocycles. The molecule has 12 heavy (non-hydrogen) atoms. The van der Waals surface area contributed by atoms with Crippen molar-refractivity contribution >= 4 is 11.9 Å². The first-order valence-electron chi connectivity index (χ1n) is 3.73. The van der Waals surface area contributed by atoms with Crippen LogP contribution in [0.15, 0.2) is 0 Å². The highest BCUT2D eigenvalue weighted by molar-refractivity contribution is 5.81. The average Bonchev–Trinajstić information content (AvgIpc) is 2.01. The molecule has 0 heterocycles. The van der Waals surface area contributed by atoms with Gasteiger partial charge in [0.2, 0.25) is 5.91 Å². The SMILES string of the molecule is CCOCCC(=O)NCC(=O)O. The zero-order valence-electron chi connectivity index (χ0n) is 7.00. The van der Waals surface area contributed by atoms with E-state index in [1.165, 1.54) is 0 Å². The second-order valence-corrected chi connectivity index (χ2v) is 2.12. The Kier molecular flexibility index (Phi) is 6.00. The van der Waals surface area contributed by atoms with Crippen LogP contribution in [0.1, 0.15) is 13.3 Å². The summed E-state index contributed by atoms with van der Waals surface area (Å²) in [5.41, 5.74) is 0. The predicted molar refractivity (Wildman–Crippen MR) is 41.8 cm³/mol. The van der Waals surface area contributed by atoms with Gasteiger partial charge in [0.1, 0.15) is 6.54 Å². The summed E-state index contributed by atoms with van der Waals surface area (Å²) in [5, 5.41) is 10.4. The molecule has 5 nitrogen and oxygen atoms in total. The van der Waals surface area contributed by atoms with Gasteiger partial charge in [-0.3, -0.25) is 9.59 Å². The molecular weight excluding hydrogens is 162 g/mol. The van der Waals surface area contributed by atoms with Crippen molar-refractivity contribution < 1.29 is 19.4 Å². The van der Waals surface area contributed by atoms with Gasteiger partial charge in [-0.2, -0.15) is 0 Å². The molecule has 0 bridgehead atoms. The van der Waals surface area contributed by atoms with Gasteiger partial charge in [0.05, 0.1) is 6.61 Å². The summed E-state index contributed by atoms with van der Waals surface area (Å²) in [5.74, 6) is -1.34. The molecule has 0 unspecified atom stereocenters. The van der Waals surface area contributed by atoms with Crippen LogP contribution in [-0.2, 0) is 14.3 Å². The molecule has 0 aromatic heterocycles. The molecule has 0 aliphatic carbocycles. The lowest BCUT2D eigenvalue weighted by molar-refractivity contribution is -0.138. The molecule has 0 spiro atoms. The Morgan fingerprint density at radius 1 is 1.50 bits per heavy atom. The Hall–Kier alpha value is -1.10. The number of aliphatic carboxylic acids is 1. The van der Waals surface area contributed by atoms with E-state index < -0.39 is 5.97 Å². The smallest absolute Gasteiger partial charge is 0.322 e. The Morgan fingerprint density at radius 3 is 2.67 bits per heavy atom. The maximum atomic E-state index is 10.8. The third-order valence-corrected chi connectivity index (χ3v) is 1.11. The lowest BCUT2D eigenvalue weighted by Gasteiger charge is -2.01. The fraction of sp³-hybridized carbons (Fsp3) is 0.714. The summed E-state index contributed by atoms with van der Waals surface area (Å²) in [4.78, 5) is 20.8. The van der Waals surface area contributed by atoms with Gasteiger partial charge < -0.3 is 15.2 Å². The number of ether oxygens (including phenoxy) is 1. The third-order valence-electron chi connectivity index (χ3n) is 1.11. The molecule has 0 atom stereocenters. The Morgan fingerprint density at radius 2 is 2.17 bits per heavy atom. The highest BCUT2D eigenvalue weighted by atomic mass is 16.5. The van der Waals surface area contributed by atoms with Gasteiger partial charge in [-0.25, -0.2) is 0 Å². The molecule has 0 radical (unpaired) electrons. The molecule has 0 saturated heterocycles. The van der Waals surface area contributed by atoms with Crippen molar-refractivity contribution in [3.05, 3.63) is 0 Å². The Bertz CT molecular complexity index is 157. The van der Waals surface area contributed by atoms with E-state index in [0.717, 1.165) is 0 Å². The van der Waals surface area contributed by atoms with Crippen molar-refractivity contribution in [1.29, 1.82) is 0 Å². The Balaban J connectivity index is 3.28. The molecule has 0 rings (SSSR count). The zero-order chi connectivity index (χ0) is 9.40. The van der Waals surface area contributed by atoms with Crippen LogP contribution < -0.4 is 5.32 Å². The number of carbonyl (C=O) groups is 2. The fourth-order valence-corrected chi connectivity index (χ4v) is 0.572. The van der Waals surface area contributed by atoms with Crippen LogP contribution in [0.25, 0.3) is 0 Å². The van der Waals surface area contributed by atoms with Crippen LogP contribution >= 0.6 is 0 Å². The monoisotopic (exact) mass is 175 g/mol. The minimum absolute atomic E-state index is 0.209. The fourth-order valence-electron chi connectivity index (χ4n) is 0.572. The zero-order valence-corrected chi connectivity index (χ0v) is 7.00. The maximum absolute atomic E-state index is 10.8. The molecule has 0 aliphatic heterocycles. The summed E-state index contributed by atoms with van der Waals surface area (Å²) in [6.07, 6.45) is 0.209. The highest BCUT2D eigenvalue weighted by Crippen LogP contribution is 1.81. The molecular formula is C7H13NO4. The second kappa shape index (κ2) is 6.60. The molecule has 1 amide bonds. The second-order valence-electron chi connectivity index (χ2n) is 2.12. The van der Waals surface area contributed by atoms with Gasteiger partial charge in [0.15, 0.2) is 0 Å². The van der Waals surface area contributed by atoms with Crippen LogP contribution in [0, 0.1) is 0 Å². The van der Waals surface area contributed by atoms with Crippen LogP contribution in [0.4, 0.5) is 0 Å². The van der Waals surface area contributed by atoms with E-state index in [1.54, 1.807) is 0 Å². The molecule has 5 heteroatoms. The molecule has 70 valence electrons. The number of hydrogen-bond donors (Lipinski definition) is 2. The first kappa shape index (κ1) is 10.9. The van der Waals surface area contributed by atoms with Crippen molar-refractivity contribution in [2.75, 3.05) is 19.8 Å². The van der Waals surface area contributed by atoms with Gasteiger partial charge in [-0.15, -0.1) is 0 Å². The van der Waals surface area contributed by atoms with Crippen molar-refractivity contribution in [3.8, 4) is 0 Å². The number of carboxylic acid groups (broad SMARTS) is 1. The predicted octanol–water partition coefficient (Wildman–Crippen LogP) is -0.386. The lowest BCUT2D eigenvalue weighted by atomic mass is 10.4. The van der Waals surface area contributed by atoms with Crippen LogP contribution in [0.3, 0.4) is 0 Å². The van der Waals surface area contributed by atoms with Crippen molar-refractivity contribution in [3.63, 3.8) is 0 Å². The van der Waals surface area contributed by atoms with Gasteiger partial charge in [0.25, 0.3) is 0 Å². The topological polar surface area (TPSA) is 75.6 Å². The first-order valence-corrected chi connectivity index (χ1v) is 3.73. The summed E-state index contributed by atoms with van der Waals surface area (Å²) in [6, 6.07) is 0. The summed E-state index contributed by atoms with van der Waals surface area (Å²) in [7, 11) is 0. The van der Waals surface area contributed by atoms with Gasteiger partial charge in [-0.05, 0) is 6.92 Å². The Labute approximate surface area is 70.7 Å². The minimum atomic E-state index is -1.04. The minimum Gasteiger partial charge on any atom is -0.480 e. The normalized spacial score (nSPS) is 9.42. The average molecular weight is 175 g/mol. The molecule has 0 fully saturated rings. The number of hydrogen-bond acceptors (Lipinski definition) is 3. The lowest BCUT2D eigenvalue weighted by Crippen LogP contribution is -2.29. The quantitative estimate of drug-likeness (QED) is 0.539. The molecule has 0 aromatic carbocycles. The van der Waals surface area contributed by atoms with Gasteiger partial charge >= 0.3 is 5.97 Å². The molecule has 0 aromatic rings. The van der Waals surface area contributed by atoms with Crippen molar-refractivity contribution in [2.24, 2.45) is 0 Å². The first-order chi connectivity index (χ1) is 5.66. The number of nitrogens with one attached hydrogen (secondary N) is 1. The number of carbonyl (C=O) groups excluding carboxylic acids is 1. The van der Waals surface area contributed by atoms with E-state index in [0.29, 0.717) is 13.2 Å². The van der Waals surface area contributed by atoms with E-state index in [2.05, 4.69) is 5.32 Å². The summed E-state index contributed by atoms with van der Waals surface area (Å²) < 4.78 is 4.90. The largest absolute Gasteiger partial charge is 0.480 e. The van der Waals surface area contributed by atoms with Crippen molar-refractivity contribution in [2.45, 2.75) is 13.3 Å². The standard InChI is InChI=1S/C7H13NO4/c1-2-12-4-3-6(9)8-5-7(10)11/h2-5H2,1H3,(H,8,9)(H,10,11). The molecule has 2 N–H and O–H groups in total.